The van der Waals surface area contributed by atoms with Crippen LogP contribution >= 0.6 is 0 Å². The molecule has 4 nitrogen and oxygen atoms in total. The lowest BCUT2D eigenvalue weighted by atomic mass is 9.87. The lowest BCUT2D eigenvalue weighted by Crippen LogP contribution is -2.38. The first-order valence-electron chi connectivity index (χ1n) is 6.40. The Hall–Kier alpha value is -1.32. The summed E-state index contributed by atoms with van der Waals surface area (Å²) in [6.07, 6.45) is 4.71. The fraction of sp³-hybridized carbons (Fsp3) is 0.692. The third kappa shape index (κ3) is 2.68. The molecule has 0 radical (unpaired) electrons. The Bertz CT molecular complexity index is 391. The topological polar surface area (TPSA) is 57.8 Å². The molecule has 0 spiro atoms. The molecule has 1 aliphatic rings. The summed E-state index contributed by atoms with van der Waals surface area (Å²) in [5.41, 5.74) is 2.34. The molecule has 94 valence electrons. The number of carbonyl (C=O) groups excluding carboxylic acids is 1. The van der Waals surface area contributed by atoms with E-state index in [0.717, 1.165) is 30.1 Å². The van der Waals surface area contributed by atoms with Gasteiger partial charge in [0.05, 0.1) is 11.3 Å². The van der Waals surface area contributed by atoms with E-state index in [0.29, 0.717) is 11.6 Å². The molecule has 2 rings (SSSR count). The molecular formula is C13H21N3O. The quantitative estimate of drug-likeness (QED) is 0.826. The molecule has 1 saturated carbocycles. The highest BCUT2D eigenvalue weighted by Gasteiger charge is 2.23. The number of nitrogens with zero attached hydrogens (tertiary/aromatic N) is 1. The van der Waals surface area contributed by atoms with Crippen LogP contribution < -0.4 is 5.32 Å². The maximum atomic E-state index is 12.2. The minimum atomic E-state index is 0.0212. The summed E-state index contributed by atoms with van der Waals surface area (Å²) in [5, 5.41) is 10.0. The van der Waals surface area contributed by atoms with Gasteiger partial charge in [0, 0.05) is 11.7 Å². The second-order valence-corrected chi connectivity index (χ2v) is 5.25. The standard InChI is InChI=1S/C13H21N3O/c1-8-5-4-6-11(7-8)14-13(17)12-9(2)15-16-10(12)3/h8,11H,4-7H2,1-3H3,(H,14,17)(H,15,16). The van der Waals surface area contributed by atoms with Crippen molar-refractivity contribution in [2.24, 2.45) is 5.92 Å². The molecule has 1 aromatic heterocycles. The van der Waals surface area contributed by atoms with E-state index in [2.05, 4.69) is 22.4 Å². The molecule has 1 fully saturated rings. The first-order chi connectivity index (χ1) is 8.08. The molecule has 0 bridgehead atoms. The summed E-state index contributed by atoms with van der Waals surface area (Å²) in [6.45, 7) is 6.01. The van der Waals surface area contributed by atoms with E-state index in [4.69, 9.17) is 0 Å². The number of aryl methyl sites for hydroxylation is 2. The first-order valence-corrected chi connectivity index (χ1v) is 6.40. The average molecular weight is 235 g/mol. The largest absolute Gasteiger partial charge is 0.349 e. The molecule has 1 aromatic rings. The first kappa shape index (κ1) is 12.1. The Kier molecular flexibility index (Phi) is 3.50. The van der Waals surface area contributed by atoms with Crippen molar-refractivity contribution in [3.63, 3.8) is 0 Å². The average Bonchev–Trinajstić information content (AvgIpc) is 2.58. The predicted octanol–water partition coefficient (Wildman–Crippen LogP) is 2.34. The highest BCUT2D eigenvalue weighted by molar-refractivity contribution is 5.96. The second-order valence-electron chi connectivity index (χ2n) is 5.25. The van der Waals surface area contributed by atoms with E-state index < -0.39 is 0 Å². The number of rotatable bonds is 2. The number of nitrogens with one attached hydrogen (secondary N) is 2. The monoisotopic (exact) mass is 235 g/mol. The molecule has 2 atom stereocenters. The molecule has 0 aliphatic heterocycles. The number of aromatic nitrogens is 2. The Balaban J connectivity index is 2.02. The van der Waals surface area contributed by atoms with Crippen LogP contribution in [0.2, 0.25) is 0 Å². The molecule has 2 unspecified atom stereocenters. The van der Waals surface area contributed by atoms with Gasteiger partial charge in [-0.3, -0.25) is 9.89 Å². The lowest BCUT2D eigenvalue weighted by Gasteiger charge is -2.27. The van der Waals surface area contributed by atoms with Gasteiger partial charge in [0.15, 0.2) is 0 Å². The molecule has 0 saturated heterocycles. The van der Waals surface area contributed by atoms with Crippen molar-refractivity contribution in [2.75, 3.05) is 0 Å². The fourth-order valence-corrected chi connectivity index (χ4v) is 2.71. The van der Waals surface area contributed by atoms with Crippen LogP contribution in [-0.2, 0) is 0 Å². The van der Waals surface area contributed by atoms with Gasteiger partial charge >= 0.3 is 0 Å². The molecule has 0 aromatic carbocycles. The van der Waals surface area contributed by atoms with Crippen LogP contribution in [0.15, 0.2) is 0 Å². The maximum absolute atomic E-state index is 12.2. The SMILES string of the molecule is Cc1n[nH]c(C)c1C(=O)NC1CCCC(C)C1. The van der Waals surface area contributed by atoms with Crippen LogP contribution in [0.3, 0.4) is 0 Å². The molecule has 1 amide bonds. The van der Waals surface area contributed by atoms with Crippen molar-refractivity contribution in [3.8, 4) is 0 Å². The van der Waals surface area contributed by atoms with Crippen LogP contribution in [0.4, 0.5) is 0 Å². The molecule has 4 heteroatoms. The van der Waals surface area contributed by atoms with E-state index in [1.54, 1.807) is 0 Å². The summed E-state index contributed by atoms with van der Waals surface area (Å²) in [7, 11) is 0. The van der Waals surface area contributed by atoms with Gasteiger partial charge in [-0.05, 0) is 32.6 Å². The van der Waals surface area contributed by atoms with E-state index in [9.17, 15) is 4.79 Å². The van der Waals surface area contributed by atoms with Gasteiger partial charge in [-0.25, -0.2) is 0 Å². The summed E-state index contributed by atoms with van der Waals surface area (Å²) < 4.78 is 0. The number of H-pyrrole nitrogens is 1. The third-order valence-electron chi connectivity index (χ3n) is 3.63. The Labute approximate surface area is 102 Å². The molecule has 1 aliphatic carbocycles. The fourth-order valence-electron chi connectivity index (χ4n) is 2.71. The normalized spacial score (nSPS) is 24.6. The number of hydrogen-bond donors (Lipinski definition) is 2. The van der Waals surface area contributed by atoms with Crippen molar-refractivity contribution in [2.45, 2.75) is 52.5 Å². The molecular weight excluding hydrogens is 214 g/mol. The predicted molar refractivity (Wildman–Crippen MR) is 66.9 cm³/mol. The van der Waals surface area contributed by atoms with E-state index in [-0.39, 0.29) is 5.91 Å². The van der Waals surface area contributed by atoms with Crippen molar-refractivity contribution in [3.05, 3.63) is 17.0 Å². The van der Waals surface area contributed by atoms with Gasteiger partial charge in [-0.2, -0.15) is 5.10 Å². The highest BCUT2D eigenvalue weighted by Crippen LogP contribution is 2.24. The summed E-state index contributed by atoms with van der Waals surface area (Å²) in [4.78, 5) is 12.2. The molecule has 1 heterocycles. The number of hydrogen-bond acceptors (Lipinski definition) is 2. The van der Waals surface area contributed by atoms with Crippen LogP contribution in [0.5, 0.6) is 0 Å². The number of carbonyl (C=O) groups is 1. The van der Waals surface area contributed by atoms with Crippen molar-refractivity contribution in [1.82, 2.24) is 15.5 Å². The minimum absolute atomic E-state index is 0.0212. The van der Waals surface area contributed by atoms with Crippen LogP contribution in [0.1, 0.15) is 54.4 Å². The maximum Gasteiger partial charge on any atom is 0.255 e. The van der Waals surface area contributed by atoms with E-state index >= 15 is 0 Å². The van der Waals surface area contributed by atoms with E-state index in [1.165, 1.54) is 12.8 Å². The van der Waals surface area contributed by atoms with Gasteiger partial charge in [0.25, 0.3) is 5.91 Å². The summed E-state index contributed by atoms with van der Waals surface area (Å²) in [5.74, 6) is 0.744. The van der Waals surface area contributed by atoms with Crippen LogP contribution in [0.25, 0.3) is 0 Å². The smallest absolute Gasteiger partial charge is 0.255 e. The molecule has 17 heavy (non-hydrogen) atoms. The van der Waals surface area contributed by atoms with Gasteiger partial charge in [-0.1, -0.05) is 19.8 Å². The number of amides is 1. The van der Waals surface area contributed by atoms with E-state index in [1.807, 2.05) is 13.8 Å². The summed E-state index contributed by atoms with van der Waals surface area (Å²) in [6, 6.07) is 0.333. The van der Waals surface area contributed by atoms with Gasteiger partial charge in [-0.15, -0.1) is 0 Å². The summed E-state index contributed by atoms with van der Waals surface area (Å²) >= 11 is 0. The Morgan fingerprint density at radius 2 is 2.18 bits per heavy atom. The van der Waals surface area contributed by atoms with Gasteiger partial charge in [0.2, 0.25) is 0 Å². The van der Waals surface area contributed by atoms with Crippen molar-refractivity contribution < 1.29 is 4.79 Å². The van der Waals surface area contributed by atoms with Gasteiger partial charge < -0.3 is 5.32 Å². The third-order valence-corrected chi connectivity index (χ3v) is 3.63. The highest BCUT2D eigenvalue weighted by atomic mass is 16.1. The lowest BCUT2D eigenvalue weighted by molar-refractivity contribution is 0.0920. The second kappa shape index (κ2) is 4.90. The Morgan fingerprint density at radius 3 is 2.76 bits per heavy atom. The number of aromatic amines is 1. The molecule has 2 N–H and O–H groups in total. The van der Waals surface area contributed by atoms with Crippen molar-refractivity contribution in [1.29, 1.82) is 0 Å². The zero-order valence-corrected chi connectivity index (χ0v) is 10.8. The zero-order chi connectivity index (χ0) is 12.4. The van der Waals surface area contributed by atoms with Crippen LogP contribution in [0, 0.1) is 19.8 Å². The van der Waals surface area contributed by atoms with Gasteiger partial charge in [0.1, 0.15) is 0 Å². The zero-order valence-electron chi connectivity index (χ0n) is 10.8. The van der Waals surface area contributed by atoms with Crippen LogP contribution in [-0.4, -0.2) is 22.1 Å². The van der Waals surface area contributed by atoms with Crippen molar-refractivity contribution >= 4 is 5.91 Å². The Morgan fingerprint density at radius 1 is 1.41 bits per heavy atom. The minimum Gasteiger partial charge on any atom is -0.349 e.